The molecule has 1 saturated heterocycles. The summed E-state index contributed by atoms with van der Waals surface area (Å²) in [4.78, 5) is 26.2. The van der Waals surface area contributed by atoms with E-state index in [2.05, 4.69) is 4.90 Å². The summed E-state index contributed by atoms with van der Waals surface area (Å²) in [5.41, 5.74) is 1.81. The van der Waals surface area contributed by atoms with Crippen LogP contribution in [0.3, 0.4) is 0 Å². The van der Waals surface area contributed by atoms with Crippen molar-refractivity contribution in [1.29, 1.82) is 0 Å². The van der Waals surface area contributed by atoms with E-state index < -0.39 is 0 Å². The van der Waals surface area contributed by atoms with Crippen molar-refractivity contribution in [1.82, 2.24) is 14.9 Å². The summed E-state index contributed by atoms with van der Waals surface area (Å²) in [6.07, 6.45) is 1.52. The summed E-state index contributed by atoms with van der Waals surface area (Å²) in [7, 11) is 0. The Hall–Kier alpha value is -3.38. The van der Waals surface area contributed by atoms with E-state index in [0.29, 0.717) is 42.8 Å². The minimum absolute atomic E-state index is 0.0750. The van der Waals surface area contributed by atoms with Gasteiger partial charge in [0.05, 0.1) is 11.8 Å². The van der Waals surface area contributed by atoms with Crippen LogP contribution in [-0.2, 0) is 0 Å². The van der Waals surface area contributed by atoms with Crippen LogP contribution in [0, 0.1) is 0 Å². The Labute approximate surface area is 178 Å². The van der Waals surface area contributed by atoms with Gasteiger partial charge in [0.2, 0.25) is 0 Å². The monoisotopic (exact) mass is 418 g/mol. The SMILES string of the molecule is O=C(c1ccco1)N1CCN(c2nc(-c3ccc(Cl)cc3)nc3ccccc23)CC1. The lowest BCUT2D eigenvalue weighted by atomic mass is 10.1. The van der Waals surface area contributed by atoms with Gasteiger partial charge in [-0.25, -0.2) is 9.97 Å². The molecular formula is C23H19ClN4O2. The zero-order valence-corrected chi connectivity index (χ0v) is 16.9. The minimum Gasteiger partial charge on any atom is -0.459 e. The van der Waals surface area contributed by atoms with Crippen molar-refractivity contribution in [2.45, 2.75) is 0 Å². The molecule has 150 valence electrons. The third-order valence-corrected chi connectivity index (χ3v) is 5.54. The van der Waals surface area contributed by atoms with Crippen molar-refractivity contribution in [2.24, 2.45) is 0 Å². The number of fused-ring (bicyclic) bond motifs is 1. The molecule has 3 heterocycles. The molecular weight excluding hydrogens is 400 g/mol. The predicted octanol–water partition coefficient (Wildman–Crippen LogP) is 4.51. The molecule has 2 aromatic heterocycles. The normalized spacial score (nSPS) is 14.3. The smallest absolute Gasteiger partial charge is 0.289 e. The van der Waals surface area contributed by atoms with Gasteiger partial charge in [-0.15, -0.1) is 0 Å². The maximum atomic E-state index is 12.6. The van der Waals surface area contributed by atoms with E-state index in [0.717, 1.165) is 22.3 Å². The number of nitrogens with zero attached hydrogens (tertiary/aromatic N) is 4. The molecule has 1 fully saturated rings. The molecule has 30 heavy (non-hydrogen) atoms. The molecule has 7 heteroatoms. The molecule has 1 aliphatic heterocycles. The third kappa shape index (κ3) is 3.50. The molecule has 6 nitrogen and oxygen atoms in total. The van der Waals surface area contributed by atoms with Crippen molar-refractivity contribution in [3.63, 3.8) is 0 Å². The van der Waals surface area contributed by atoms with Crippen LogP contribution in [0.25, 0.3) is 22.3 Å². The molecule has 0 spiro atoms. The number of carbonyl (C=O) groups is 1. The highest BCUT2D eigenvalue weighted by molar-refractivity contribution is 6.30. The molecule has 0 aliphatic carbocycles. The number of furan rings is 1. The molecule has 0 N–H and O–H groups in total. The van der Waals surface area contributed by atoms with Crippen molar-refractivity contribution >= 4 is 34.2 Å². The fraction of sp³-hybridized carbons (Fsp3) is 0.174. The van der Waals surface area contributed by atoms with Crippen molar-refractivity contribution in [3.05, 3.63) is 77.7 Å². The first-order chi connectivity index (χ1) is 14.7. The predicted molar refractivity (Wildman–Crippen MR) is 117 cm³/mol. The molecule has 0 atom stereocenters. The number of halogens is 1. The molecule has 5 rings (SSSR count). The average Bonchev–Trinajstić information content (AvgIpc) is 3.33. The summed E-state index contributed by atoms with van der Waals surface area (Å²) in [6.45, 7) is 2.59. The Kier molecular flexibility index (Phi) is 4.85. The summed E-state index contributed by atoms with van der Waals surface area (Å²) in [5, 5.41) is 1.68. The molecule has 2 aromatic carbocycles. The van der Waals surface area contributed by atoms with Gasteiger partial charge in [0.1, 0.15) is 5.82 Å². The second-order valence-electron chi connectivity index (χ2n) is 7.15. The maximum Gasteiger partial charge on any atom is 0.289 e. The Morgan fingerprint density at radius 1 is 0.900 bits per heavy atom. The number of piperazine rings is 1. The summed E-state index contributed by atoms with van der Waals surface area (Å²) < 4.78 is 5.26. The van der Waals surface area contributed by atoms with Gasteiger partial charge in [-0.1, -0.05) is 23.7 Å². The first-order valence-electron chi connectivity index (χ1n) is 9.79. The standard InChI is InChI=1S/C23H19ClN4O2/c24-17-9-7-16(8-10-17)21-25-19-5-2-1-4-18(19)22(26-21)27-11-13-28(14-12-27)23(29)20-6-3-15-30-20/h1-10,15H,11-14H2. The van der Waals surface area contributed by atoms with Crippen LogP contribution in [0.2, 0.25) is 5.02 Å². The largest absolute Gasteiger partial charge is 0.459 e. The van der Waals surface area contributed by atoms with E-state index in [1.807, 2.05) is 53.4 Å². The van der Waals surface area contributed by atoms with E-state index in [-0.39, 0.29) is 5.91 Å². The van der Waals surface area contributed by atoms with Crippen molar-refractivity contribution in [3.8, 4) is 11.4 Å². The lowest BCUT2D eigenvalue weighted by molar-refractivity contribution is 0.0714. The summed E-state index contributed by atoms with van der Waals surface area (Å²) in [6, 6.07) is 19.0. The van der Waals surface area contributed by atoms with E-state index >= 15 is 0 Å². The van der Waals surface area contributed by atoms with E-state index in [9.17, 15) is 4.79 Å². The molecule has 0 saturated carbocycles. The number of aromatic nitrogens is 2. The molecule has 0 unspecified atom stereocenters. The van der Waals surface area contributed by atoms with Crippen molar-refractivity contribution < 1.29 is 9.21 Å². The lowest BCUT2D eigenvalue weighted by Crippen LogP contribution is -2.49. The van der Waals surface area contributed by atoms with E-state index in [1.165, 1.54) is 6.26 Å². The summed E-state index contributed by atoms with van der Waals surface area (Å²) >= 11 is 6.04. The Morgan fingerprint density at radius 3 is 2.40 bits per heavy atom. The van der Waals surface area contributed by atoms with Crippen LogP contribution in [0.4, 0.5) is 5.82 Å². The van der Waals surface area contributed by atoms with Gasteiger partial charge in [-0.05, 0) is 48.5 Å². The first kappa shape index (κ1) is 18.6. The number of benzene rings is 2. The van der Waals surface area contributed by atoms with Crippen molar-refractivity contribution in [2.75, 3.05) is 31.1 Å². The van der Waals surface area contributed by atoms with Gasteiger partial charge in [0.25, 0.3) is 5.91 Å². The molecule has 0 bridgehead atoms. The zero-order chi connectivity index (χ0) is 20.5. The number of hydrogen-bond donors (Lipinski definition) is 0. The van der Waals surface area contributed by atoms with E-state index in [1.54, 1.807) is 12.1 Å². The van der Waals surface area contributed by atoms with Gasteiger partial charge >= 0.3 is 0 Å². The number of anilines is 1. The average molecular weight is 419 g/mol. The Morgan fingerprint density at radius 2 is 1.67 bits per heavy atom. The van der Waals surface area contributed by atoms with Crippen LogP contribution in [-0.4, -0.2) is 47.0 Å². The summed E-state index contributed by atoms with van der Waals surface area (Å²) in [5.74, 6) is 1.85. The van der Waals surface area contributed by atoms with Gasteiger partial charge in [-0.3, -0.25) is 4.79 Å². The lowest BCUT2D eigenvalue weighted by Gasteiger charge is -2.35. The van der Waals surface area contributed by atoms with Crippen LogP contribution in [0.1, 0.15) is 10.6 Å². The van der Waals surface area contributed by atoms with Crippen LogP contribution in [0.5, 0.6) is 0 Å². The van der Waals surface area contributed by atoms with Gasteiger partial charge < -0.3 is 14.2 Å². The Balaban J connectivity index is 1.45. The number of amides is 1. The van der Waals surface area contributed by atoms with Gasteiger partial charge in [0, 0.05) is 42.2 Å². The topological polar surface area (TPSA) is 62.5 Å². The van der Waals surface area contributed by atoms with Gasteiger partial charge in [0.15, 0.2) is 11.6 Å². The number of para-hydroxylation sites is 1. The minimum atomic E-state index is -0.0750. The molecule has 0 radical (unpaired) electrons. The van der Waals surface area contributed by atoms with Gasteiger partial charge in [-0.2, -0.15) is 0 Å². The zero-order valence-electron chi connectivity index (χ0n) is 16.2. The second kappa shape index (κ2) is 7.80. The molecule has 4 aromatic rings. The maximum absolute atomic E-state index is 12.6. The molecule has 1 amide bonds. The first-order valence-corrected chi connectivity index (χ1v) is 10.2. The van der Waals surface area contributed by atoms with E-state index in [4.69, 9.17) is 26.0 Å². The Bertz CT molecular complexity index is 1180. The van der Waals surface area contributed by atoms with Crippen LogP contribution in [0.15, 0.2) is 71.3 Å². The third-order valence-electron chi connectivity index (χ3n) is 5.28. The fourth-order valence-corrected chi connectivity index (χ4v) is 3.83. The number of carbonyl (C=O) groups excluding carboxylic acids is 1. The highest BCUT2D eigenvalue weighted by atomic mass is 35.5. The quantitative estimate of drug-likeness (QED) is 0.490. The fourth-order valence-electron chi connectivity index (χ4n) is 3.71. The molecule has 1 aliphatic rings. The highest BCUT2D eigenvalue weighted by Crippen LogP contribution is 2.29. The number of hydrogen-bond acceptors (Lipinski definition) is 5. The number of rotatable bonds is 3. The van der Waals surface area contributed by atoms with Crippen LogP contribution < -0.4 is 4.90 Å². The highest BCUT2D eigenvalue weighted by Gasteiger charge is 2.25. The second-order valence-corrected chi connectivity index (χ2v) is 7.59. The van der Waals surface area contributed by atoms with Crippen LogP contribution >= 0.6 is 11.6 Å².